The van der Waals surface area contributed by atoms with Crippen LogP contribution in [0.2, 0.25) is 0 Å². The van der Waals surface area contributed by atoms with E-state index in [1.807, 2.05) is 0 Å². The highest BCUT2D eigenvalue weighted by Gasteiger charge is 2.15. The number of halogens is 1. The van der Waals surface area contributed by atoms with Crippen molar-refractivity contribution < 1.29 is 4.79 Å². The first kappa shape index (κ1) is 10.4. The van der Waals surface area contributed by atoms with E-state index in [9.17, 15) is 4.79 Å². The monoisotopic (exact) mass is 215 g/mol. The number of carbonyl (C=O) groups is 1. The lowest BCUT2D eigenvalue weighted by atomic mass is 10.1. The van der Waals surface area contributed by atoms with Gasteiger partial charge in [0.25, 0.3) is 0 Å². The molecule has 0 bridgehead atoms. The van der Waals surface area contributed by atoms with Crippen molar-refractivity contribution in [1.29, 1.82) is 0 Å². The van der Waals surface area contributed by atoms with Gasteiger partial charge >= 0.3 is 0 Å². The standard InChI is InChI=1S/C9H10ClNOS/c1-5(12)9(10)7-3-2-6(13)4-8(7)11/h2-4,9,13H,11H2,1H3. The zero-order valence-electron chi connectivity index (χ0n) is 7.12. The summed E-state index contributed by atoms with van der Waals surface area (Å²) in [5, 5.41) is -0.658. The van der Waals surface area contributed by atoms with Gasteiger partial charge in [-0.1, -0.05) is 6.07 Å². The van der Waals surface area contributed by atoms with E-state index in [2.05, 4.69) is 12.6 Å². The average molecular weight is 216 g/mol. The van der Waals surface area contributed by atoms with Crippen molar-refractivity contribution in [2.75, 3.05) is 5.73 Å². The van der Waals surface area contributed by atoms with E-state index < -0.39 is 5.38 Å². The lowest BCUT2D eigenvalue weighted by molar-refractivity contribution is -0.116. The van der Waals surface area contributed by atoms with Crippen LogP contribution in [-0.2, 0) is 4.79 Å². The number of carbonyl (C=O) groups excluding carboxylic acids is 1. The Hall–Kier alpha value is -0.670. The molecule has 0 aromatic heterocycles. The lowest BCUT2D eigenvalue weighted by Crippen LogP contribution is -2.04. The van der Waals surface area contributed by atoms with Gasteiger partial charge in [0, 0.05) is 16.1 Å². The predicted octanol–water partition coefficient (Wildman–Crippen LogP) is 2.43. The van der Waals surface area contributed by atoms with Crippen LogP contribution in [0.25, 0.3) is 0 Å². The quantitative estimate of drug-likeness (QED) is 0.452. The van der Waals surface area contributed by atoms with Gasteiger partial charge in [-0.25, -0.2) is 0 Å². The number of nitrogen functional groups attached to an aromatic ring is 1. The number of benzene rings is 1. The molecule has 70 valence electrons. The highest BCUT2D eigenvalue weighted by molar-refractivity contribution is 7.80. The number of nitrogens with two attached hydrogens (primary N) is 1. The molecule has 0 saturated carbocycles. The molecule has 13 heavy (non-hydrogen) atoms. The van der Waals surface area contributed by atoms with Gasteiger partial charge in [-0.2, -0.15) is 0 Å². The molecule has 1 aromatic rings. The Kier molecular flexibility index (Phi) is 3.22. The minimum Gasteiger partial charge on any atom is -0.398 e. The van der Waals surface area contributed by atoms with Crippen LogP contribution in [0.4, 0.5) is 5.69 Å². The largest absolute Gasteiger partial charge is 0.398 e. The van der Waals surface area contributed by atoms with E-state index in [4.69, 9.17) is 17.3 Å². The van der Waals surface area contributed by atoms with Crippen LogP contribution in [0.5, 0.6) is 0 Å². The normalized spacial score (nSPS) is 12.5. The van der Waals surface area contributed by atoms with E-state index in [0.717, 1.165) is 4.90 Å². The molecule has 4 heteroatoms. The molecular formula is C9H10ClNOS. The van der Waals surface area contributed by atoms with Gasteiger partial charge in [0.05, 0.1) is 0 Å². The fourth-order valence-electron chi connectivity index (χ4n) is 1.01. The highest BCUT2D eigenvalue weighted by atomic mass is 35.5. The summed E-state index contributed by atoms with van der Waals surface area (Å²) in [6.07, 6.45) is 0. The summed E-state index contributed by atoms with van der Waals surface area (Å²) in [6.45, 7) is 1.44. The minimum atomic E-state index is -0.658. The van der Waals surface area contributed by atoms with E-state index in [1.54, 1.807) is 18.2 Å². The average Bonchev–Trinajstić information content (AvgIpc) is 2.03. The summed E-state index contributed by atoms with van der Waals surface area (Å²) < 4.78 is 0. The van der Waals surface area contributed by atoms with Crippen LogP contribution < -0.4 is 5.73 Å². The van der Waals surface area contributed by atoms with E-state index in [1.165, 1.54) is 6.92 Å². The molecule has 0 radical (unpaired) electrons. The number of hydrogen-bond donors (Lipinski definition) is 2. The molecule has 0 heterocycles. The van der Waals surface area contributed by atoms with Gasteiger partial charge in [-0.3, -0.25) is 4.79 Å². The molecule has 1 atom stereocenters. The second-order valence-electron chi connectivity index (χ2n) is 2.79. The van der Waals surface area contributed by atoms with Crippen molar-refractivity contribution in [1.82, 2.24) is 0 Å². The molecule has 2 N–H and O–H groups in total. The van der Waals surface area contributed by atoms with Crippen LogP contribution in [0.15, 0.2) is 23.1 Å². The first-order valence-corrected chi connectivity index (χ1v) is 4.63. The summed E-state index contributed by atoms with van der Waals surface area (Å²) in [6, 6.07) is 5.15. The second kappa shape index (κ2) is 4.03. The van der Waals surface area contributed by atoms with Crippen molar-refractivity contribution in [2.45, 2.75) is 17.2 Å². The fraction of sp³-hybridized carbons (Fsp3) is 0.222. The fourth-order valence-corrected chi connectivity index (χ4v) is 1.42. The number of alkyl halides is 1. The van der Waals surface area contributed by atoms with Crippen molar-refractivity contribution in [2.24, 2.45) is 0 Å². The summed E-state index contributed by atoms with van der Waals surface area (Å²) in [5.41, 5.74) is 6.82. The van der Waals surface area contributed by atoms with E-state index >= 15 is 0 Å². The van der Waals surface area contributed by atoms with Crippen molar-refractivity contribution in [3.05, 3.63) is 23.8 Å². The Morgan fingerprint density at radius 3 is 2.69 bits per heavy atom. The summed E-state index contributed by atoms with van der Waals surface area (Å²) >= 11 is 9.96. The maximum absolute atomic E-state index is 11.0. The molecule has 0 aliphatic carbocycles. The Morgan fingerprint density at radius 2 is 2.23 bits per heavy atom. The Labute approximate surface area is 87.5 Å². The topological polar surface area (TPSA) is 43.1 Å². The molecule has 1 aromatic carbocycles. The molecule has 0 spiro atoms. The number of anilines is 1. The van der Waals surface area contributed by atoms with Gasteiger partial charge in [-0.05, 0) is 19.1 Å². The highest BCUT2D eigenvalue weighted by Crippen LogP contribution is 2.28. The zero-order chi connectivity index (χ0) is 10.0. The van der Waals surface area contributed by atoms with Crippen LogP contribution >= 0.6 is 24.2 Å². The maximum Gasteiger partial charge on any atom is 0.152 e. The Balaban J connectivity index is 3.08. The second-order valence-corrected chi connectivity index (χ2v) is 3.74. The van der Waals surface area contributed by atoms with Gasteiger partial charge in [0.1, 0.15) is 5.38 Å². The Morgan fingerprint density at radius 1 is 1.62 bits per heavy atom. The molecule has 0 aliphatic rings. The first-order chi connectivity index (χ1) is 6.02. The molecule has 1 unspecified atom stereocenters. The van der Waals surface area contributed by atoms with Crippen molar-refractivity contribution >= 4 is 35.7 Å². The van der Waals surface area contributed by atoms with Gasteiger partial charge in [-0.15, -0.1) is 24.2 Å². The molecule has 0 amide bonds. The van der Waals surface area contributed by atoms with Crippen LogP contribution in [0.1, 0.15) is 17.9 Å². The van der Waals surface area contributed by atoms with E-state index in [0.29, 0.717) is 11.3 Å². The van der Waals surface area contributed by atoms with Crippen molar-refractivity contribution in [3.63, 3.8) is 0 Å². The third kappa shape index (κ3) is 2.39. The molecule has 2 nitrogen and oxygen atoms in total. The maximum atomic E-state index is 11.0. The molecule has 0 fully saturated rings. The number of rotatable bonds is 2. The van der Waals surface area contributed by atoms with Crippen LogP contribution in [0, 0.1) is 0 Å². The SMILES string of the molecule is CC(=O)C(Cl)c1ccc(S)cc1N. The van der Waals surface area contributed by atoms with Gasteiger partial charge < -0.3 is 5.73 Å². The van der Waals surface area contributed by atoms with Gasteiger partial charge in [0.15, 0.2) is 5.78 Å². The number of ketones is 1. The summed E-state index contributed by atoms with van der Waals surface area (Å²) in [7, 11) is 0. The van der Waals surface area contributed by atoms with Crippen LogP contribution in [0.3, 0.4) is 0 Å². The van der Waals surface area contributed by atoms with Crippen LogP contribution in [-0.4, -0.2) is 5.78 Å². The summed E-state index contributed by atoms with van der Waals surface area (Å²) in [4.78, 5) is 11.7. The zero-order valence-corrected chi connectivity index (χ0v) is 8.77. The molecular weight excluding hydrogens is 206 g/mol. The smallest absolute Gasteiger partial charge is 0.152 e. The third-order valence-electron chi connectivity index (χ3n) is 1.70. The minimum absolute atomic E-state index is 0.111. The van der Waals surface area contributed by atoms with Crippen molar-refractivity contribution in [3.8, 4) is 0 Å². The van der Waals surface area contributed by atoms with E-state index in [-0.39, 0.29) is 5.78 Å². The summed E-state index contributed by atoms with van der Waals surface area (Å²) in [5.74, 6) is -0.111. The van der Waals surface area contributed by atoms with Gasteiger partial charge in [0.2, 0.25) is 0 Å². The lowest BCUT2D eigenvalue weighted by Gasteiger charge is -2.09. The number of thiol groups is 1. The third-order valence-corrected chi connectivity index (χ3v) is 2.52. The number of Topliss-reactive ketones (excluding diaryl/α,β-unsaturated/α-hetero) is 1. The number of hydrogen-bond acceptors (Lipinski definition) is 3. The first-order valence-electron chi connectivity index (χ1n) is 3.75. The molecule has 0 saturated heterocycles. The molecule has 1 rings (SSSR count). The Bertz CT molecular complexity index is 340. The predicted molar refractivity (Wildman–Crippen MR) is 57.4 cm³/mol. The molecule has 0 aliphatic heterocycles.